The Morgan fingerprint density at radius 1 is 1.33 bits per heavy atom. The molecule has 0 aromatic heterocycles. The maximum absolute atomic E-state index is 11.8. The van der Waals surface area contributed by atoms with E-state index in [1.165, 1.54) is 0 Å². The van der Waals surface area contributed by atoms with Crippen molar-refractivity contribution in [1.82, 2.24) is 0 Å². The molecule has 0 aliphatic rings. The van der Waals surface area contributed by atoms with E-state index < -0.39 is 0 Å². The molecule has 0 saturated carbocycles. The van der Waals surface area contributed by atoms with Gasteiger partial charge in [0, 0.05) is 0 Å². The molecule has 0 N–H and O–H groups in total. The fourth-order valence-corrected chi connectivity index (χ4v) is 1.34. The molecule has 0 heterocycles. The number of hydrogen-bond donors (Lipinski definition) is 0. The number of carbonyl (C=O) groups excluding carboxylic acids is 1. The summed E-state index contributed by atoms with van der Waals surface area (Å²) in [6.45, 7) is 5.77. The first kappa shape index (κ1) is 11.5. The van der Waals surface area contributed by atoms with Crippen molar-refractivity contribution in [2.45, 2.75) is 20.8 Å². The highest BCUT2D eigenvalue weighted by atomic mass is 16.5. The van der Waals surface area contributed by atoms with Crippen molar-refractivity contribution in [2.75, 3.05) is 7.11 Å². The molecule has 0 fully saturated rings. The summed E-state index contributed by atoms with van der Waals surface area (Å²) in [5.41, 5.74) is 2.69. The topological polar surface area (TPSA) is 26.3 Å². The average Bonchev–Trinajstić information content (AvgIpc) is 2.16. The molecule has 1 aromatic rings. The molecular weight excluding hydrogens is 188 g/mol. The third kappa shape index (κ3) is 2.94. The Labute approximate surface area is 90.6 Å². The summed E-state index contributed by atoms with van der Waals surface area (Å²) in [4.78, 5) is 11.8. The van der Waals surface area contributed by atoms with E-state index in [9.17, 15) is 4.79 Å². The van der Waals surface area contributed by atoms with Crippen LogP contribution in [0.5, 0.6) is 5.75 Å². The zero-order chi connectivity index (χ0) is 11.4. The minimum Gasteiger partial charge on any atom is -0.496 e. The van der Waals surface area contributed by atoms with Crippen molar-refractivity contribution in [3.8, 4) is 5.75 Å². The van der Waals surface area contributed by atoms with E-state index in [4.69, 9.17) is 4.74 Å². The molecule has 1 aromatic carbocycles. The molecule has 0 radical (unpaired) electrons. The number of aryl methyl sites for hydroxylation is 1. The lowest BCUT2D eigenvalue weighted by Gasteiger charge is -2.06. The van der Waals surface area contributed by atoms with Crippen molar-refractivity contribution in [2.24, 2.45) is 0 Å². The van der Waals surface area contributed by atoms with E-state index in [1.807, 2.05) is 32.9 Å². The molecule has 15 heavy (non-hydrogen) atoms. The van der Waals surface area contributed by atoms with Crippen LogP contribution in [0.2, 0.25) is 0 Å². The zero-order valence-electron chi connectivity index (χ0n) is 9.63. The van der Waals surface area contributed by atoms with E-state index in [0.717, 1.165) is 11.1 Å². The number of ketones is 1. The smallest absolute Gasteiger partial charge is 0.189 e. The molecule has 2 heteroatoms. The standard InChI is InChI=1S/C13H16O2/c1-9(2)7-12(14)11-6-5-10(3)8-13(11)15-4/h5-8H,1-4H3. The summed E-state index contributed by atoms with van der Waals surface area (Å²) in [7, 11) is 1.58. The van der Waals surface area contributed by atoms with Crippen molar-refractivity contribution >= 4 is 5.78 Å². The second kappa shape index (κ2) is 4.78. The van der Waals surface area contributed by atoms with Gasteiger partial charge in [-0.05, 0) is 44.5 Å². The zero-order valence-corrected chi connectivity index (χ0v) is 9.63. The van der Waals surface area contributed by atoms with Gasteiger partial charge in [0.25, 0.3) is 0 Å². The lowest BCUT2D eigenvalue weighted by Crippen LogP contribution is -1.99. The van der Waals surface area contributed by atoms with Gasteiger partial charge in [0.05, 0.1) is 12.7 Å². The van der Waals surface area contributed by atoms with Gasteiger partial charge in [-0.1, -0.05) is 11.6 Å². The van der Waals surface area contributed by atoms with Crippen LogP contribution in [0, 0.1) is 6.92 Å². The molecule has 0 unspecified atom stereocenters. The van der Waals surface area contributed by atoms with Gasteiger partial charge in [-0.15, -0.1) is 0 Å². The highest BCUT2D eigenvalue weighted by molar-refractivity contribution is 6.06. The van der Waals surface area contributed by atoms with Gasteiger partial charge in [-0.2, -0.15) is 0 Å². The normalized spacial score (nSPS) is 9.60. The molecule has 0 spiro atoms. The Bertz CT molecular complexity index is 399. The first-order valence-corrected chi connectivity index (χ1v) is 4.88. The number of benzene rings is 1. The molecule has 80 valence electrons. The Morgan fingerprint density at radius 2 is 2.00 bits per heavy atom. The van der Waals surface area contributed by atoms with Crippen LogP contribution in [0.3, 0.4) is 0 Å². The summed E-state index contributed by atoms with van der Waals surface area (Å²) in [5.74, 6) is 0.629. The van der Waals surface area contributed by atoms with Crippen LogP contribution in [0.15, 0.2) is 29.8 Å². The van der Waals surface area contributed by atoms with Gasteiger partial charge >= 0.3 is 0 Å². The lowest BCUT2D eigenvalue weighted by molar-refractivity contribution is 0.104. The maximum atomic E-state index is 11.8. The van der Waals surface area contributed by atoms with Crippen LogP contribution in [-0.4, -0.2) is 12.9 Å². The first-order chi connectivity index (χ1) is 7.04. The number of allylic oxidation sites excluding steroid dienone is 2. The molecule has 0 aliphatic carbocycles. The summed E-state index contributed by atoms with van der Waals surface area (Å²) >= 11 is 0. The molecule has 0 saturated heterocycles. The number of methoxy groups -OCH3 is 1. The van der Waals surface area contributed by atoms with Crippen LogP contribution in [0.1, 0.15) is 29.8 Å². The van der Waals surface area contributed by atoms with Crippen molar-refractivity contribution < 1.29 is 9.53 Å². The fourth-order valence-electron chi connectivity index (χ4n) is 1.34. The predicted octanol–water partition coefficient (Wildman–Crippen LogP) is 3.15. The van der Waals surface area contributed by atoms with Gasteiger partial charge in [0.2, 0.25) is 0 Å². The summed E-state index contributed by atoms with van der Waals surface area (Å²) in [6, 6.07) is 5.58. The molecule has 0 amide bonds. The Morgan fingerprint density at radius 3 is 2.53 bits per heavy atom. The van der Waals surface area contributed by atoms with E-state index in [0.29, 0.717) is 11.3 Å². The third-order valence-corrected chi connectivity index (χ3v) is 2.04. The second-order valence-corrected chi connectivity index (χ2v) is 3.79. The van der Waals surface area contributed by atoms with Gasteiger partial charge in [-0.3, -0.25) is 4.79 Å². The average molecular weight is 204 g/mol. The van der Waals surface area contributed by atoms with Gasteiger partial charge in [-0.25, -0.2) is 0 Å². The largest absolute Gasteiger partial charge is 0.496 e. The minimum atomic E-state index is -0.00755. The minimum absolute atomic E-state index is 0.00755. The summed E-state index contributed by atoms with van der Waals surface area (Å²) in [5, 5.41) is 0. The Hall–Kier alpha value is -1.57. The van der Waals surface area contributed by atoms with Gasteiger partial charge in [0.15, 0.2) is 5.78 Å². The first-order valence-electron chi connectivity index (χ1n) is 4.88. The number of carbonyl (C=O) groups is 1. The van der Waals surface area contributed by atoms with E-state index in [2.05, 4.69) is 0 Å². The second-order valence-electron chi connectivity index (χ2n) is 3.79. The summed E-state index contributed by atoms with van der Waals surface area (Å²) < 4.78 is 5.18. The van der Waals surface area contributed by atoms with Crippen molar-refractivity contribution in [1.29, 1.82) is 0 Å². The van der Waals surface area contributed by atoms with Crippen LogP contribution >= 0.6 is 0 Å². The number of hydrogen-bond acceptors (Lipinski definition) is 2. The molecule has 0 bridgehead atoms. The molecule has 0 aliphatic heterocycles. The summed E-state index contributed by atoms with van der Waals surface area (Å²) in [6.07, 6.45) is 1.62. The van der Waals surface area contributed by atoms with E-state index in [-0.39, 0.29) is 5.78 Å². The monoisotopic (exact) mass is 204 g/mol. The quantitative estimate of drug-likeness (QED) is 0.558. The van der Waals surface area contributed by atoms with Gasteiger partial charge in [0.1, 0.15) is 5.75 Å². The SMILES string of the molecule is COc1cc(C)ccc1C(=O)C=C(C)C. The van der Waals surface area contributed by atoms with E-state index >= 15 is 0 Å². The van der Waals surface area contributed by atoms with Crippen LogP contribution in [0.25, 0.3) is 0 Å². The van der Waals surface area contributed by atoms with Crippen molar-refractivity contribution in [3.63, 3.8) is 0 Å². The number of ether oxygens (including phenoxy) is 1. The van der Waals surface area contributed by atoms with Crippen molar-refractivity contribution in [3.05, 3.63) is 41.0 Å². The highest BCUT2D eigenvalue weighted by Crippen LogP contribution is 2.21. The maximum Gasteiger partial charge on any atom is 0.189 e. The number of rotatable bonds is 3. The Balaban J connectivity index is 3.14. The van der Waals surface area contributed by atoms with Crippen LogP contribution < -0.4 is 4.74 Å². The molecule has 0 atom stereocenters. The molecule has 2 nitrogen and oxygen atoms in total. The fraction of sp³-hybridized carbons (Fsp3) is 0.308. The van der Waals surface area contributed by atoms with E-state index in [1.54, 1.807) is 19.3 Å². The van der Waals surface area contributed by atoms with Crippen LogP contribution in [0.4, 0.5) is 0 Å². The molecular formula is C13H16O2. The predicted molar refractivity (Wildman–Crippen MR) is 61.5 cm³/mol. The Kier molecular flexibility index (Phi) is 3.67. The van der Waals surface area contributed by atoms with Gasteiger partial charge < -0.3 is 4.74 Å². The lowest BCUT2D eigenvalue weighted by atomic mass is 10.1. The highest BCUT2D eigenvalue weighted by Gasteiger charge is 2.09. The molecule has 1 rings (SSSR count). The van der Waals surface area contributed by atoms with Crippen LogP contribution in [-0.2, 0) is 0 Å². The third-order valence-electron chi connectivity index (χ3n) is 2.04.